The van der Waals surface area contributed by atoms with Gasteiger partial charge in [0.25, 0.3) is 11.5 Å². The maximum absolute atomic E-state index is 13.4. The van der Waals surface area contributed by atoms with Crippen LogP contribution in [0.2, 0.25) is 0 Å². The van der Waals surface area contributed by atoms with E-state index in [2.05, 4.69) is 10.3 Å². The van der Waals surface area contributed by atoms with Crippen LogP contribution in [-0.2, 0) is 0 Å². The zero-order chi connectivity index (χ0) is 21.5. The van der Waals surface area contributed by atoms with Crippen LogP contribution in [0.15, 0.2) is 40.8 Å². The average molecular weight is 435 g/mol. The molecule has 0 aliphatic heterocycles. The van der Waals surface area contributed by atoms with E-state index in [0.717, 1.165) is 37.7 Å². The van der Waals surface area contributed by atoms with Crippen molar-refractivity contribution in [2.75, 3.05) is 5.32 Å². The van der Waals surface area contributed by atoms with E-state index in [1.807, 2.05) is 13.0 Å². The molecule has 1 amide bonds. The molecule has 0 spiro atoms. The van der Waals surface area contributed by atoms with Crippen LogP contribution in [-0.4, -0.2) is 24.8 Å². The molecule has 0 atom stereocenters. The Hall–Kier alpha value is -3.33. The molecular formula is C22H22N6O2S. The van der Waals surface area contributed by atoms with E-state index < -0.39 is 5.91 Å². The van der Waals surface area contributed by atoms with Crippen molar-refractivity contribution >= 4 is 39.1 Å². The number of rotatable bonds is 3. The lowest BCUT2D eigenvalue weighted by molar-refractivity contribution is 0.102. The van der Waals surface area contributed by atoms with Crippen molar-refractivity contribution in [3.63, 3.8) is 0 Å². The Labute approximate surface area is 181 Å². The first-order valence-corrected chi connectivity index (χ1v) is 11.3. The molecule has 0 aromatic carbocycles. The van der Waals surface area contributed by atoms with Gasteiger partial charge in [-0.05, 0) is 37.5 Å². The second kappa shape index (κ2) is 7.73. The summed E-state index contributed by atoms with van der Waals surface area (Å²) in [7, 11) is 0. The van der Waals surface area contributed by atoms with Crippen molar-refractivity contribution in [2.45, 2.75) is 45.1 Å². The standard InChI is InChI=1S/C22H22N6O2S/c1-13-6-5-10-27-18(13)25-19-16(21(27)30)12-15(20(29)26-22-24-9-11-31-22)17(23)28(19)14-7-3-2-4-8-14/h5-6,9-12,14,23H,2-4,7-8H2,1H3,(H,24,26,29). The van der Waals surface area contributed by atoms with Crippen LogP contribution in [0.4, 0.5) is 5.13 Å². The number of anilines is 1. The average Bonchev–Trinajstić information content (AvgIpc) is 3.28. The van der Waals surface area contributed by atoms with Gasteiger partial charge in [-0.3, -0.25) is 24.7 Å². The SMILES string of the molecule is Cc1cccn2c(=O)c3cc(C(=O)Nc4nccs4)c(=N)n(C4CCCCC4)c3nc12. The normalized spacial score (nSPS) is 14.9. The molecule has 0 saturated heterocycles. The summed E-state index contributed by atoms with van der Waals surface area (Å²) >= 11 is 1.31. The molecule has 2 N–H and O–H groups in total. The molecule has 0 unspecified atom stereocenters. The van der Waals surface area contributed by atoms with Gasteiger partial charge in [0.1, 0.15) is 16.8 Å². The zero-order valence-corrected chi connectivity index (χ0v) is 17.9. The first-order chi connectivity index (χ1) is 15.0. The molecule has 1 fully saturated rings. The van der Waals surface area contributed by atoms with E-state index in [0.29, 0.717) is 21.8 Å². The third kappa shape index (κ3) is 3.34. The molecule has 9 heteroatoms. The van der Waals surface area contributed by atoms with Crippen LogP contribution in [0.3, 0.4) is 0 Å². The predicted octanol–water partition coefficient (Wildman–Crippen LogP) is 3.65. The third-order valence-electron chi connectivity index (χ3n) is 5.91. The molecule has 31 heavy (non-hydrogen) atoms. The fourth-order valence-corrected chi connectivity index (χ4v) is 4.90. The number of nitrogens with one attached hydrogen (secondary N) is 2. The Morgan fingerprint density at radius 2 is 2.06 bits per heavy atom. The fourth-order valence-electron chi connectivity index (χ4n) is 4.38. The molecule has 4 aromatic rings. The Morgan fingerprint density at radius 1 is 1.26 bits per heavy atom. The smallest absolute Gasteiger partial charge is 0.267 e. The van der Waals surface area contributed by atoms with Crippen LogP contribution in [0.1, 0.15) is 54.1 Å². The summed E-state index contributed by atoms with van der Waals surface area (Å²) in [5.74, 6) is -0.444. The molecule has 1 saturated carbocycles. The first-order valence-electron chi connectivity index (χ1n) is 10.4. The van der Waals surface area contributed by atoms with E-state index in [9.17, 15) is 9.59 Å². The Balaban J connectivity index is 1.80. The first kappa shape index (κ1) is 19.6. The molecule has 5 rings (SSSR count). The van der Waals surface area contributed by atoms with Crippen LogP contribution in [0.25, 0.3) is 16.7 Å². The van der Waals surface area contributed by atoms with Crippen molar-refractivity contribution in [3.8, 4) is 0 Å². The summed E-state index contributed by atoms with van der Waals surface area (Å²) in [6.45, 7) is 1.91. The highest BCUT2D eigenvalue weighted by Crippen LogP contribution is 2.29. The number of thiazole rings is 1. The Kier molecular flexibility index (Phi) is 4.90. The minimum Gasteiger partial charge on any atom is -0.307 e. The molecule has 4 heterocycles. The van der Waals surface area contributed by atoms with Crippen molar-refractivity contribution in [1.29, 1.82) is 5.41 Å². The van der Waals surface area contributed by atoms with Crippen molar-refractivity contribution in [3.05, 3.63) is 62.9 Å². The number of aryl methyl sites for hydroxylation is 1. The van der Waals surface area contributed by atoms with Gasteiger partial charge in [-0.2, -0.15) is 0 Å². The number of aromatic nitrogens is 4. The van der Waals surface area contributed by atoms with Crippen LogP contribution < -0.4 is 16.4 Å². The van der Waals surface area contributed by atoms with Gasteiger partial charge in [0.2, 0.25) is 0 Å². The molecule has 1 aliphatic rings. The number of amides is 1. The Morgan fingerprint density at radius 3 is 2.81 bits per heavy atom. The molecule has 4 aromatic heterocycles. The summed E-state index contributed by atoms with van der Waals surface area (Å²) in [6, 6.07) is 5.26. The number of pyridine rings is 2. The lowest BCUT2D eigenvalue weighted by Crippen LogP contribution is -2.35. The number of nitrogens with zero attached hydrogens (tertiary/aromatic N) is 4. The predicted molar refractivity (Wildman–Crippen MR) is 120 cm³/mol. The summed E-state index contributed by atoms with van der Waals surface area (Å²) in [4.78, 5) is 35.3. The van der Waals surface area contributed by atoms with Gasteiger partial charge in [-0.1, -0.05) is 25.3 Å². The largest absolute Gasteiger partial charge is 0.307 e. The van der Waals surface area contributed by atoms with E-state index >= 15 is 0 Å². The number of fused-ring (bicyclic) bond motifs is 2. The van der Waals surface area contributed by atoms with Crippen LogP contribution in [0, 0.1) is 12.3 Å². The van der Waals surface area contributed by atoms with Gasteiger partial charge in [-0.25, -0.2) is 9.97 Å². The van der Waals surface area contributed by atoms with Gasteiger partial charge in [0, 0.05) is 23.8 Å². The van der Waals surface area contributed by atoms with Crippen molar-refractivity contribution < 1.29 is 4.79 Å². The van der Waals surface area contributed by atoms with E-state index in [4.69, 9.17) is 10.4 Å². The maximum Gasteiger partial charge on any atom is 0.267 e. The third-order valence-corrected chi connectivity index (χ3v) is 6.60. The van der Waals surface area contributed by atoms with E-state index in [1.165, 1.54) is 21.8 Å². The topological polar surface area (TPSA) is 105 Å². The van der Waals surface area contributed by atoms with Gasteiger partial charge in [0.05, 0.1) is 10.9 Å². The summed E-state index contributed by atoms with van der Waals surface area (Å²) in [5.41, 5.74) is 1.93. The summed E-state index contributed by atoms with van der Waals surface area (Å²) in [6.07, 6.45) is 8.36. The zero-order valence-electron chi connectivity index (χ0n) is 17.1. The molecule has 0 bridgehead atoms. The number of hydrogen-bond donors (Lipinski definition) is 2. The quantitative estimate of drug-likeness (QED) is 0.480. The molecule has 158 valence electrons. The van der Waals surface area contributed by atoms with E-state index in [-0.39, 0.29) is 22.7 Å². The minimum atomic E-state index is -0.444. The maximum atomic E-state index is 13.4. The van der Waals surface area contributed by atoms with Crippen LogP contribution in [0.5, 0.6) is 0 Å². The monoisotopic (exact) mass is 434 g/mol. The number of hydrogen-bond acceptors (Lipinski definition) is 6. The fraction of sp³-hybridized carbons (Fsp3) is 0.318. The number of carbonyl (C=O) groups excluding carboxylic acids is 1. The van der Waals surface area contributed by atoms with Crippen molar-refractivity contribution in [2.24, 2.45) is 0 Å². The highest BCUT2D eigenvalue weighted by Gasteiger charge is 2.24. The van der Waals surface area contributed by atoms with E-state index in [1.54, 1.807) is 28.4 Å². The van der Waals surface area contributed by atoms with Gasteiger partial charge in [-0.15, -0.1) is 11.3 Å². The minimum absolute atomic E-state index is 0.0368. The molecule has 8 nitrogen and oxygen atoms in total. The Bertz CT molecular complexity index is 1410. The second-order valence-electron chi connectivity index (χ2n) is 7.90. The molecule has 0 radical (unpaired) electrons. The highest BCUT2D eigenvalue weighted by molar-refractivity contribution is 7.13. The highest BCUT2D eigenvalue weighted by atomic mass is 32.1. The van der Waals surface area contributed by atoms with Gasteiger partial charge < -0.3 is 4.57 Å². The van der Waals surface area contributed by atoms with Crippen molar-refractivity contribution in [1.82, 2.24) is 18.9 Å². The lowest BCUT2D eigenvalue weighted by atomic mass is 9.94. The molecule has 1 aliphatic carbocycles. The second-order valence-corrected chi connectivity index (χ2v) is 8.79. The van der Waals surface area contributed by atoms with Gasteiger partial charge >= 0.3 is 0 Å². The lowest BCUT2D eigenvalue weighted by Gasteiger charge is -2.26. The van der Waals surface area contributed by atoms with Crippen LogP contribution >= 0.6 is 11.3 Å². The molecular weight excluding hydrogens is 412 g/mol. The summed E-state index contributed by atoms with van der Waals surface area (Å²) < 4.78 is 3.31. The number of carbonyl (C=O) groups is 1. The summed E-state index contributed by atoms with van der Waals surface area (Å²) in [5, 5.41) is 14.2. The van der Waals surface area contributed by atoms with Gasteiger partial charge in [0.15, 0.2) is 5.13 Å².